The molecular weight excluding hydrogens is 404 g/mol. The largest absolute Gasteiger partial charge is 0.426 e. The number of unbranched alkanes of at least 4 members (excludes halogenated alkanes) is 2. The van der Waals surface area contributed by atoms with Crippen LogP contribution in [0.3, 0.4) is 0 Å². The zero-order valence-corrected chi connectivity index (χ0v) is 21.0. The zero-order valence-electron chi connectivity index (χ0n) is 21.0. The van der Waals surface area contributed by atoms with E-state index in [1.807, 2.05) is 30.3 Å². The van der Waals surface area contributed by atoms with Crippen LogP contribution in [0, 0.1) is 35.5 Å². The van der Waals surface area contributed by atoms with Crippen molar-refractivity contribution in [3.05, 3.63) is 42.0 Å². The first kappa shape index (κ1) is 25.6. The highest BCUT2D eigenvalue weighted by atomic mass is 16.5. The number of carbonyl (C=O) groups is 1. The summed E-state index contributed by atoms with van der Waals surface area (Å²) in [7, 11) is 0. The molecule has 2 aliphatic carbocycles. The van der Waals surface area contributed by atoms with Crippen molar-refractivity contribution in [2.75, 3.05) is 0 Å². The van der Waals surface area contributed by atoms with Crippen molar-refractivity contribution < 1.29 is 9.53 Å². The molecule has 0 atom stereocenters. The molecule has 0 unspecified atom stereocenters. The maximum absolute atomic E-state index is 12.5. The van der Waals surface area contributed by atoms with Crippen LogP contribution >= 0.6 is 0 Å². The lowest BCUT2D eigenvalue weighted by molar-refractivity contribution is -0.140. The molecule has 2 fully saturated rings. The van der Waals surface area contributed by atoms with E-state index in [2.05, 4.69) is 31.8 Å². The number of hydrogen-bond acceptors (Lipinski definition) is 2. The average Bonchev–Trinajstić information content (AvgIpc) is 2.84. The smallest absolute Gasteiger partial charge is 0.314 e. The Balaban J connectivity index is 1.37. The Labute approximate surface area is 202 Å². The van der Waals surface area contributed by atoms with Crippen LogP contribution in [-0.2, 0) is 4.79 Å². The molecule has 33 heavy (non-hydrogen) atoms. The first-order valence-corrected chi connectivity index (χ1v) is 13.7. The summed E-state index contributed by atoms with van der Waals surface area (Å²) >= 11 is 0. The van der Waals surface area contributed by atoms with Gasteiger partial charge in [-0.05, 0) is 99.5 Å². The quantitative estimate of drug-likeness (QED) is 0.164. The molecule has 2 aliphatic rings. The molecule has 0 saturated heterocycles. The molecule has 1 aromatic rings. The highest BCUT2D eigenvalue weighted by Gasteiger charge is 2.27. The first-order chi connectivity index (χ1) is 16.2. The Morgan fingerprint density at radius 3 is 2.21 bits per heavy atom. The van der Waals surface area contributed by atoms with Gasteiger partial charge < -0.3 is 4.74 Å². The van der Waals surface area contributed by atoms with Crippen molar-refractivity contribution in [2.24, 2.45) is 23.7 Å². The van der Waals surface area contributed by atoms with Gasteiger partial charge >= 0.3 is 5.97 Å². The molecule has 0 N–H and O–H groups in total. The van der Waals surface area contributed by atoms with E-state index in [1.54, 1.807) is 0 Å². The molecule has 0 amide bonds. The van der Waals surface area contributed by atoms with Gasteiger partial charge in [0.15, 0.2) is 0 Å². The minimum absolute atomic E-state index is 0.0631. The number of carbonyl (C=O) groups excluding carboxylic acids is 1. The van der Waals surface area contributed by atoms with E-state index >= 15 is 0 Å². The van der Waals surface area contributed by atoms with E-state index in [0.717, 1.165) is 43.1 Å². The van der Waals surface area contributed by atoms with Gasteiger partial charge in [0, 0.05) is 5.56 Å². The summed E-state index contributed by atoms with van der Waals surface area (Å²) in [6, 6.07) is 7.63. The number of ether oxygens (including phenoxy) is 1. The molecular formula is C31H44O2. The van der Waals surface area contributed by atoms with E-state index in [0.29, 0.717) is 11.7 Å². The maximum atomic E-state index is 12.5. The summed E-state index contributed by atoms with van der Waals surface area (Å²) in [5.74, 6) is 9.49. The molecule has 1 aromatic carbocycles. The highest BCUT2D eigenvalue weighted by molar-refractivity contribution is 5.75. The van der Waals surface area contributed by atoms with E-state index < -0.39 is 0 Å². The van der Waals surface area contributed by atoms with E-state index in [1.165, 1.54) is 64.2 Å². The number of allylic oxidation sites excluding steroid dienone is 2. The predicted molar refractivity (Wildman–Crippen MR) is 138 cm³/mol. The van der Waals surface area contributed by atoms with Crippen LogP contribution in [0.25, 0.3) is 0 Å². The lowest BCUT2D eigenvalue weighted by Crippen LogP contribution is -2.25. The normalized spacial score (nSPS) is 25.4. The standard InChI is InChI=1S/C31H44O2/c1-3-5-6-10-26-13-15-27(16-14-26)11-7-8-12-28-19-23-30(24-20-28)33-31(32)29-21-17-25(9-4-2)18-22-29/h7,11,19-20,23-27,29H,3-6,9-10,13-18,21-22H2,1-2H3/b11-7+/t25-,26-,27-,29-. The van der Waals surface area contributed by atoms with Gasteiger partial charge in [0.25, 0.3) is 0 Å². The van der Waals surface area contributed by atoms with Crippen molar-refractivity contribution in [1.29, 1.82) is 0 Å². The van der Waals surface area contributed by atoms with Crippen molar-refractivity contribution in [3.8, 4) is 17.6 Å². The van der Waals surface area contributed by atoms with Crippen LogP contribution in [0.2, 0.25) is 0 Å². The summed E-state index contributed by atoms with van der Waals surface area (Å²) < 4.78 is 5.65. The molecule has 3 rings (SSSR count). The van der Waals surface area contributed by atoms with Crippen molar-refractivity contribution in [1.82, 2.24) is 0 Å². The second-order valence-electron chi connectivity index (χ2n) is 10.4. The Hall–Kier alpha value is -2.01. The molecule has 0 aliphatic heterocycles. The second-order valence-corrected chi connectivity index (χ2v) is 10.4. The van der Waals surface area contributed by atoms with Gasteiger partial charge in [0.05, 0.1) is 5.92 Å². The maximum Gasteiger partial charge on any atom is 0.314 e. The topological polar surface area (TPSA) is 26.3 Å². The molecule has 0 heterocycles. The minimum atomic E-state index is -0.0631. The van der Waals surface area contributed by atoms with Gasteiger partial charge in [0.2, 0.25) is 0 Å². The Morgan fingerprint density at radius 1 is 0.879 bits per heavy atom. The third-order valence-electron chi connectivity index (χ3n) is 7.73. The minimum Gasteiger partial charge on any atom is -0.426 e. The molecule has 180 valence electrons. The van der Waals surface area contributed by atoms with Gasteiger partial charge in [-0.15, -0.1) is 0 Å². The first-order valence-electron chi connectivity index (χ1n) is 13.7. The SMILES string of the molecule is CCCCC[C@H]1CC[C@H](/C=C/C#Cc2ccc(OC(=O)[C@H]3CC[C@H](CCC)CC3)cc2)CC1. The zero-order chi connectivity index (χ0) is 23.3. The fraction of sp³-hybridized carbons (Fsp3) is 0.645. The van der Waals surface area contributed by atoms with Gasteiger partial charge in [-0.3, -0.25) is 4.79 Å². The third-order valence-corrected chi connectivity index (χ3v) is 7.73. The van der Waals surface area contributed by atoms with Crippen molar-refractivity contribution in [2.45, 2.75) is 104 Å². The fourth-order valence-corrected chi connectivity index (χ4v) is 5.56. The number of rotatable bonds is 9. The molecule has 0 spiro atoms. The number of hydrogen-bond donors (Lipinski definition) is 0. The molecule has 0 bridgehead atoms. The Bertz CT molecular complexity index is 778. The molecule has 2 heteroatoms. The average molecular weight is 449 g/mol. The fourth-order valence-electron chi connectivity index (χ4n) is 5.56. The monoisotopic (exact) mass is 448 g/mol. The summed E-state index contributed by atoms with van der Waals surface area (Å²) in [6.07, 6.45) is 22.1. The molecule has 2 nitrogen and oxygen atoms in total. The van der Waals surface area contributed by atoms with Crippen LogP contribution in [0.15, 0.2) is 36.4 Å². The van der Waals surface area contributed by atoms with Gasteiger partial charge in [0.1, 0.15) is 5.75 Å². The number of esters is 1. The van der Waals surface area contributed by atoms with Crippen molar-refractivity contribution >= 4 is 5.97 Å². The second kappa shape index (κ2) is 14.3. The lowest BCUT2D eigenvalue weighted by atomic mass is 9.79. The lowest BCUT2D eigenvalue weighted by Gasteiger charge is -2.26. The van der Waals surface area contributed by atoms with Gasteiger partial charge in [-0.25, -0.2) is 0 Å². The summed E-state index contributed by atoms with van der Waals surface area (Å²) in [6.45, 7) is 4.53. The third kappa shape index (κ3) is 9.04. The Morgan fingerprint density at radius 2 is 1.55 bits per heavy atom. The highest BCUT2D eigenvalue weighted by Crippen LogP contribution is 2.33. The van der Waals surface area contributed by atoms with Crippen LogP contribution in [0.4, 0.5) is 0 Å². The summed E-state index contributed by atoms with van der Waals surface area (Å²) in [5.41, 5.74) is 0.958. The van der Waals surface area contributed by atoms with Crippen LogP contribution in [-0.4, -0.2) is 5.97 Å². The molecule has 0 aromatic heterocycles. The summed E-state index contributed by atoms with van der Waals surface area (Å²) in [5, 5.41) is 0. The van der Waals surface area contributed by atoms with Crippen LogP contribution < -0.4 is 4.74 Å². The van der Waals surface area contributed by atoms with Gasteiger partial charge in [-0.1, -0.05) is 70.3 Å². The van der Waals surface area contributed by atoms with E-state index in [-0.39, 0.29) is 11.9 Å². The van der Waals surface area contributed by atoms with E-state index in [9.17, 15) is 4.79 Å². The molecule has 0 radical (unpaired) electrons. The Kier molecular flexibility index (Phi) is 11.1. The van der Waals surface area contributed by atoms with Gasteiger partial charge in [-0.2, -0.15) is 0 Å². The molecule has 2 saturated carbocycles. The summed E-state index contributed by atoms with van der Waals surface area (Å²) in [4.78, 5) is 12.5. The van der Waals surface area contributed by atoms with Crippen LogP contribution in [0.1, 0.15) is 109 Å². The predicted octanol–water partition coefficient (Wildman–Crippen LogP) is 8.49. The van der Waals surface area contributed by atoms with E-state index in [4.69, 9.17) is 4.74 Å². The van der Waals surface area contributed by atoms with Crippen molar-refractivity contribution in [3.63, 3.8) is 0 Å². The van der Waals surface area contributed by atoms with Crippen LogP contribution in [0.5, 0.6) is 5.75 Å². The number of benzene rings is 1.